The second-order valence-corrected chi connectivity index (χ2v) is 10.1. The molecule has 0 aliphatic heterocycles. The molecule has 236 valence electrons. The van der Waals surface area contributed by atoms with Crippen LogP contribution >= 0.6 is 0 Å². The number of halogens is 5. The molecule has 44 heavy (non-hydrogen) atoms. The van der Waals surface area contributed by atoms with Gasteiger partial charge in [0, 0.05) is 25.9 Å². The predicted molar refractivity (Wildman–Crippen MR) is 159 cm³/mol. The summed E-state index contributed by atoms with van der Waals surface area (Å²) in [5.74, 6) is -2.90. The molecule has 2 heterocycles. The number of fused-ring (bicyclic) bond motifs is 1. The topological polar surface area (TPSA) is 103 Å². The van der Waals surface area contributed by atoms with Gasteiger partial charge in [0.25, 0.3) is 5.91 Å². The number of alkyl halides is 3. The van der Waals surface area contributed by atoms with Crippen LogP contribution in [0.3, 0.4) is 0 Å². The molecule has 0 fully saturated rings. The molecule has 2 aromatic carbocycles. The molecular formula is C32H36F5N5O2. The number of hydrogen-bond donors (Lipinski definition) is 2. The molecule has 0 radical (unpaired) electrons. The Morgan fingerprint density at radius 3 is 2.50 bits per heavy atom. The monoisotopic (exact) mass is 617 g/mol. The van der Waals surface area contributed by atoms with Crippen molar-refractivity contribution >= 4 is 11.8 Å². The number of nitrogens with one attached hydrogen (secondary N) is 1. The van der Waals surface area contributed by atoms with Crippen molar-refractivity contribution in [1.29, 1.82) is 0 Å². The van der Waals surface area contributed by atoms with E-state index in [9.17, 15) is 31.5 Å². The normalized spacial score (nSPS) is 13.3. The van der Waals surface area contributed by atoms with Crippen LogP contribution in [-0.4, -0.2) is 26.6 Å². The molecule has 0 unspecified atom stereocenters. The maximum Gasteiger partial charge on any atom is 0.435 e. The van der Waals surface area contributed by atoms with Gasteiger partial charge in [-0.2, -0.15) is 18.3 Å². The molecule has 4 aromatic rings. The molecule has 7 nitrogen and oxygen atoms in total. The molecule has 0 saturated heterocycles. The third-order valence-electron chi connectivity index (χ3n) is 7.19. The van der Waals surface area contributed by atoms with E-state index in [1.807, 2.05) is 13.8 Å². The Morgan fingerprint density at radius 1 is 1.05 bits per heavy atom. The Kier molecular flexibility index (Phi) is 10.1. The lowest BCUT2D eigenvalue weighted by atomic mass is 9.94. The minimum Gasteiger partial charge on any atom is -0.366 e. The van der Waals surface area contributed by atoms with Crippen molar-refractivity contribution in [1.82, 2.24) is 20.1 Å². The van der Waals surface area contributed by atoms with E-state index in [0.29, 0.717) is 47.3 Å². The van der Waals surface area contributed by atoms with Crippen molar-refractivity contribution in [3.63, 3.8) is 0 Å². The van der Waals surface area contributed by atoms with Crippen molar-refractivity contribution in [3.05, 3.63) is 106 Å². The summed E-state index contributed by atoms with van der Waals surface area (Å²) in [4.78, 5) is 29.6. The van der Waals surface area contributed by atoms with Gasteiger partial charge in [0.1, 0.15) is 18.2 Å². The number of pyridine rings is 1. The van der Waals surface area contributed by atoms with Crippen LogP contribution in [0.4, 0.5) is 22.0 Å². The molecule has 0 bridgehead atoms. The lowest BCUT2D eigenvalue weighted by Crippen LogP contribution is -2.34. The first-order valence-corrected chi connectivity index (χ1v) is 14.3. The average molecular weight is 618 g/mol. The number of primary amides is 1. The van der Waals surface area contributed by atoms with Gasteiger partial charge in [-0.3, -0.25) is 19.3 Å². The third-order valence-corrected chi connectivity index (χ3v) is 7.19. The van der Waals surface area contributed by atoms with Crippen LogP contribution < -0.4 is 11.1 Å². The van der Waals surface area contributed by atoms with Crippen molar-refractivity contribution in [2.24, 2.45) is 5.73 Å². The Morgan fingerprint density at radius 2 is 1.80 bits per heavy atom. The average Bonchev–Trinajstić information content (AvgIpc) is 3.37. The summed E-state index contributed by atoms with van der Waals surface area (Å²) in [6.07, 6.45) is -1.21. The first kappa shape index (κ1) is 32.3. The number of nitrogens with zero attached hydrogens (tertiary/aromatic N) is 3. The molecule has 1 aliphatic carbocycles. The molecule has 2 aromatic heterocycles. The highest BCUT2D eigenvalue weighted by Crippen LogP contribution is 2.36. The van der Waals surface area contributed by atoms with Gasteiger partial charge in [-0.1, -0.05) is 38.1 Å². The number of nitrogens with two attached hydrogens (primary N) is 1. The van der Waals surface area contributed by atoms with E-state index in [2.05, 4.69) is 15.4 Å². The van der Waals surface area contributed by atoms with Crippen LogP contribution in [0.15, 0.2) is 60.8 Å². The molecule has 1 atom stereocenters. The van der Waals surface area contributed by atoms with E-state index < -0.39 is 47.9 Å². The van der Waals surface area contributed by atoms with Crippen molar-refractivity contribution in [2.75, 3.05) is 0 Å². The summed E-state index contributed by atoms with van der Waals surface area (Å²) in [6.45, 7) is 3.53. The number of benzene rings is 2. The highest BCUT2D eigenvalue weighted by Gasteiger charge is 2.39. The molecule has 12 heteroatoms. The molecule has 0 saturated carbocycles. The van der Waals surface area contributed by atoms with Crippen molar-refractivity contribution in [3.8, 4) is 11.1 Å². The fourth-order valence-corrected chi connectivity index (χ4v) is 5.34. The summed E-state index contributed by atoms with van der Waals surface area (Å²) in [6, 6.07) is 11.9. The van der Waals surface area contributed by atoms with Gasteiger partial charge in [-0.15, -0.1) is 0 Å². The highest BCUT2D eigenvalue weighted by molar-refractivity contribution is 5.94. The Hall–Kier alpha value is -4.61. The lowest BCUT2D eigenvalue weighted by molar-refractivity contribution is -0.142. The molecule has 5 rings (SSSR count). The Bertz CT molecular complexity index is 1660. The number of carbonyl (C=O) groups excluding carboxylic acids is 2. The van der Waals surface area contributed by atoms with Gasteiger partial charge >= 0.3 is 6.18 Å². The fourth-order valence-electron chi connectivity index (χ4n) is 5.34. The van der Waals surface area contributed by atoms with E-state index in [-0.39, 0.29) is 26.8 Å². The standard InChI is InChI=1S/C30H26F5N5O2.C2H6.2H2/c31-19-6-3-5-17(13-19)14-24(27-20(8-4-12-37-27)18-10-11-23(32)22(15-18)29(36)42)38-26(41)16-40-25-9-2-1-7-21(25)28(39-40)30(33,34)35;1-2;;/h3-6,8,10-13,15,24H,1-2,7,9,14,16H2,(H2,36,42)(H,38,41);1-2H3;2*1H/t24-;;;/m0.../s1. The smallest absolute Gasteiger partial charge is 0.366 e. The summed E-state index contributed by atoms with van der Waals surface area (Å²) < 4.78 is 70.4. The third kappa shape index (κ3) is 7.29. The van der Waals surface area contributed by atoms with E-state index in [4.69, 9.17) is 5.73 Å². The quantitative estimate of drug-likeness (QED) is 0.211. The van der Waals surface area contributed by atoms with Crippen LogP contribution in [0.25, 0.3) is 11.1 Å². The molecule has 2 amide bonds. The number of aromatic nitrogens is 3. The maximum atomic E-state index is 14.2. The second-order valence-electron chi connectivity index (χ2n) is 10.1. The van der Waals surface area contributed by atoms with E-state index in [1.165, 1.54) is 36.5 Å². The largest absolute Gasteiger partial charge is 0.435 e. The van der Waals surface area contributed by atoms with Crippen molar-refractivity contribution < 1.29 is 34.4 Å². The van der Waals surface area contributed by atoms with Gasteiger partial charge in [0.05, 0.1) is 17.3 Å². The van der Waals surface area contributed by atoms with Crippen LogP contribution in [-0.2, 0) is 36.8 Å². The first-order chi connectivity index (χ1) is 21.0. The van der Waals surface area contributed by atoms with E-state index in [1.54, 1.807) is 18.2 Å². The fraction of sp³-hybridized carbons (Fsp3) is 0.312. The van der Waals surface area contributed by atoms with Gasteiger partial charge < -0.3 is 11.1 Å². The summed E-state index contributed by atoms with van der Waals surface area (Å²) in [5.41, 5.74) is 6.18. The van der Waals surface area contributed by atoms with Crippen LogP contribution in [0.5, 0.6) is 0 Å². The van der Waals surface area contributed by atoms with Crippen molar-refractivity contribution in [2.45, 2.75) is 64.7 Å². The Balaban J connectivity index is 0.00000181. The first-order valence-electron chi connectivity index (χ1n) is 14.3. The zero-order chi connectivity index (χ0) is 32.0. The second kappa shape index (κ2) is 13.8. The minimum absolute atomic E-state index is 0. The van der Waals surface area contributed by atoms with Crippen LogP contribution in [0, 0.1) is 11.6 Å². The molecular weight excluding hydrogens is 581 g/mol. The number of rotatable bonds is 8. The van der Waals surface area contributed by atoms with Crippen LogP contribution in [0.1, 0.15) is 74.2 Å². The van der Waals surface area contributed by atoms with E-state index in [0.717, 1.165) is 10.7 Å². The number of hydrogen-bond acceptors (Lipinski definition) is 4. The zero-order valence-corrected chi connectivity index (χ0v) is 24.2. The summed E-state index contributed by atoms with van der Waals surface area (Å²) >= 11 is 0. The van der Waals surface area contributed by atoms with Gasteiger partial charge in [0.15, 0.2) is 5.69 Å². The number of amides is 2. The lowest BCUT2D eigenvalue weighted by Gasteiger charge is -2.22. The SMILES string of the molecule is CC.NC(=O)c1cc(-c2cccnc2[C@H](Cc2cccc(F)c2)NC(=O)Cn2nc(C(F)(F)F)c3c2CCCC3)ccc1F.[HH].[HH]. The zero-order valence-electron chi connectivity index (χ0n) is 24.2. The Labute approximate surface area is 254 Å². The molecule has 1 aliphatic rings. The van der Waals surface area contributed by atoms with Gasteiger partial charge in [0.2, 0.25) is 5.91 Å². The predicted octanol–water partition coefficient (Wildman–Crippen LogP) is 6.84. The van der Waals surface area contributed by atoms with Crippen LogP contribution in [0.2, 0.25) is 0 Å². The molecule has 0 spiro atoms. The number of carbonyl (C=O) groups is 2. The molecule has 3 N–H and O–H groups in total. The summed E-state index contributed by atoms with van der Waals surface area (Å²) in [7, 11) is 0. The van der Waals surface area contributed by atoms with E-state index >= 15 is 0 Å². The minimum atomic E-state index is -4.65. The highest BCUT2D eigenvalue weighted by atomic mass is 19.4. The van der Waals surface area contributed by atoms with Gasteiger partial charge in [-0.25, -0.2) is 8.78 Å². The van der Waals surface area contributed by atoms with Gasteiger partial charge in [-0.05, 0) is 73.6 Å². The maximum absolute atomic E-state index is 14.2. The summed E-state index contributed by atoms with van der Waals surface area (Å²) in [5, 5.41) is 6.60.